The second-order valence-electron chi connectivity index (χ2n) is 4.35. The molecule has 5 nitrogen and oxygen atoms in total. The average Bonchev–Trinajstić information content (AvgIpc) is 2.42. The van der Waals surface area contributed by atoms with Gasteiger partial charge < -0.3 is 10.2 Å². The van der Waals surface area contributed by atoms with Gasteiger partial charge in [-0.1, -0.05) is 25.4 Å². The van der Waals surface area contributed by atoms with Gasteiger partial charge in [-0.3, -0.25) is 10.1 Å². The molecule has 0 amide bonds. The molecule has 0 spiro atoms. The number of nitro groups is 1. The van der Waals surface area contributed by atoms with Gasteiger partial charge in [0.25, 0.3) is 5.69 Å². The fraction of sp³-hybridized carbons (Fsp3) is 0.538. The van der Waals surface area contributed by atoms with Gasteiger partial charge >= 0.3 is 0 Å². The van der Waals surface area contributed by atoms with E-state index in [9.17, 15) is 14.5 Å². The molecular weight excluding hydrogens is 285 g/mol. The Bertz CT molecular complexity index is 467. The summed E-state index contributed by atoms with van der Waals surface area (Å²) in [4.78, 5) is 12.6. The van der Waals surface area contributed by atoms with E-state index in [0.29, 0.717) is 6.54 Å². The number of benzene rings is 1. The highest BCUT2D eigenvalue weighted by Crippen LogP contribution is 2.30. The molecule has 0 aliphatic rings. The third-order valence-corrected chi connectivity index (χ3v) is 3.39. The van der Waals surface area contributed by atoms with Gasteiger partial charge in [0.1, 0.15) is 11.5 Å². The smallest absolute Gasteiger partial charge is 0.294 e. The van der Waals surface area contributed by atoms with E-state index < -0.39 is 10.7 Å². The van der Waals surface area contributed by atoms with Crippen LogP contribution in [0.1, 0.15) is 20.3 Å². The molecule has 0 atom stereocenters. The number of nitrogens with one attached hydrogen (secondary N) is 1. The second-order valence-corrected chi connectivity index (χ2v) is 4.75. The van der Waals surface area contributed by atoms with Crippen molar-refractivity contribution < 1.29 is 9.31 Å². The Morgan fingerprint density at radius 2 is 2.05 bits per heavy atom. The summed E-state index contributed by atoms with van der Waals surface area (Å²) in [6, 6.07) is 2.10. The first kappa shape index (κ1) is 16.7. The lowest BCUT2D eigenvalue weighted by molar-refractivity contribution is -0.384. The predicted molar refractivity (Wildman–Crippen MR) is 79.0 cm³/mol. The van der Waals surface area contributed by atoms with Crippen molar-refractivity contribution in [2.75, 3.05) is 31.5 Å². The summed E-state index contributed by atoms with van der Waals surface area (Å²) in [5, 5.41) is 13.5. The van der Waals surface area contributed by atoms with Crippen LogP contribution in [0, 0.1) is 15.9 Å². The van der Waals surface area contributed by atoms with Crippen molar-refractivity contribution in [2.45, 2.75) is 20.3 Å². The van der Waals surface area contributed by atoms with Crippen LogP contribution in [0.25, 0.3) is 0 Å². The number of nitrogens with zero attached hydrogens (tertiary/aromatic N) is 2. The van der Waals surface area contributed by atoms with Gasteiger partial charge in [0, 0.05) is 18.7 Å². The molecule has 1 aromatic carbocycles. The van der Waals surface area contributed by atoms with Crippen LogP contribution in [0.3, 0.4) is 0 Å². The van der Waals surface area contributed by atoms with Crippen molar-refractivity contribution in [3.05, 3.63) is 33.1 Å². The van der Waals surface area contributed by atoms with E-state index in [1.807, 2.05) is 0 Å². The normalized spacial score (nSPS) is 10.8. The molecule has 0 saturated heterocycles. The lowest BCUT2D eigenvalue weighted by Gasteiger charge is -2.17. The highest BCUT2D eigenvalue weighted by molar-refractivity contribution is 6.31. The number of rotatable bonds is 8. The molecule has 0 heterocycles. The summed E-state index contributed by atoms with van der Waals surface area (Å²) in [6.45, 7) is 7.52. The summed E-state index contributed by atoms with van der Waals surface area (Å²) in [5.74, 6) is -0.663. The molecule has 1 aromatic rings. The van der Waals surface area contributed by atoms with E-state index >= 15 is 0 Å². The number of nitro benzene ring substituents is 1. The van der Waals surface area contributed by atoms with Crippen LogP contribution in [0.4, 0.5) is 15.8 Å². The number of hydrogen-bond donors (Lipinski definition) is 1. The van der Waals surface area contributed by atoms with E-state index in [2.05, 4.69) is 24.1 Å². The maximum absolute atomic E-state index is 13.4. The Kier molecular flexibility index (Phi) is 6.67. The number of hydrogen-bond acceptors (Lipinski definition) is 4. The summed E-state index contributed by atoms with van der Waals surface area (Å²) in [6.07, 6.45) is 0.822. The molecule has 0 bridgehead atoms. The Labute approximate surface area is 122 Å². The summed E-state index contributed by atoms with van der Waals surface area (Å²) < 4.78 is 13.4. The number of halogens is 2. The third-order valence-electron chi connectivity index (χ3n) is 3.10. The predicted octanol–water partition coefficient (Wildman–Crippen LogP) is 3.53. The minimum Gasteiger partial charge on any atom is -0.379 e. The molecule has 0 saturated carbocycles. The van der Waals surface area contributed by atoms with Crippen LogP contribution in [-0.2, 0) is 0 Å². The topological polar surface area (TPSA) is 58.4 Å². The Balaban J connectivity index is 2.63. The van der Waals surface area contributed by atoms with Gasteiger partial charge in [-0.25, -0.2) is 4.39 Å². The highest BCUT2D eigenvalue weighted by Gasteiger charge is 2.17. The molecule has 1 N–H and O–H groups in total. The maximum atomic E-state index is 13.4. The fourth-order valence-corrected chi connectivity index (χ4v) is 2.05. The average molecular weight is 304 g/mol. The zero-order valence-electron chi connectivity index (χ0n) is 11.7. The van der Waals surface area contributed by atoms with E-state index in [-0.39, 0.29) is 16.4 Å². The van der Waals surface area contributed by atoms with Crippen molar-refractivity contribution in [1.29, 1.82) is 0 Å². The SMILES string of the molecule is CCN(CC)CCCNc1cc(F)c(Cl)cc1[N+](=O)[O-]. The molecule has 1 rings (SSSR count). The monoisotopic (exact) mass is 303 g/mol. The van der Waals surface area contributed by atoms with E-state index in [0.717, 1.165) is 38.2 Å². The van der Waals surface area contributed by atoms with Crippen molar-refractivity contribution in [3.8, 4) is 0 Å². The van der Waals surface area contributed by atoms with Crippen molar-refractivity contribution >= 4 is 23.0 Å². The minimum absolute atomic E-state index is 0.163. The van der Waals surface area contributed by atoms with E-state index in [4.69, 9.17) is 11.6 Å². The van der Waals surface area contributed by atoms with Crippen LogP contribution in [0.2, 0.25) is 5.02 Å². The summed E-state index contributed by atoms with van der Waals surface area (Å²) in [7, 11) is 0. The largest absolute Gasteiger partial charge is 0.379 e. The molecular formula is C13H19ClFN3O2. The highest BCUT2D eigenvalue weighted by atomic mass is 35.5. The molecule has 0 aromatic heterocycles. The number of anilines is 1. The molecule has 0 fully saturated rings. The minimum atomic E-state index is -0.663. The molecule has 112 valence electrons. The van der Waals surface area contributed by atoms with Gasteiger partial charge in [-0.15, -0.1) is 0 Å². The first-order valence-corrected chi connectivity index (χ1v) is 6.97. The third kappa shape index (κ3) is 4.61. The molecule has 0 radical (unpaired) electrons. The first-order chi connectivity index (χ1) is 9.49. The van der Waals surface area contributed by atoms with Crippen LogP contribution < -0.4 is 5.32 Å². The standard InChI is InChI=1S/C13H19ClFN3O2/c1-3-17(4-2)7-5-6-16-12-9-11(15)10(14)8-13(12)18(19)20/h8-9,16H,3-7H2,1-2H3. The summed E-state index contributed by atoms with van der Waals surface area (Å²) >= 11 is 5.56. The van der Waals surface area contributed by atoms with Crippen LogP contribution in [0.5, 0.6) is 0 Å². The Morgan fingerprint density at radius 3 is 2.60 bits per heavy atom. The van der Waals surface area contributed by atoms with E-state index in [1.54, 1.807) is 0 Å². The van der Waals surface area contributed by atoms with Crippen molar-refractivity contribution in [2.24, 2.45) is 0 Å². The maximum Gasteiger partial charge on any atom is 0.294 e. The summed E-state index contributed by atoms with van der Waals surface area (Å²) in [5.41, 5.74) is -0.0457. The van der Waals surface area contributed by atoms with Crippen LogP contribution >= 0.6 is 11.6 Å². The van der Waals surface area contributed by atoms with Crippen LogP contribution in [-0.4, -0.2) is 36.0 Å². The van der Waals surface area contributed by atoms with Crippen molar-refractivity contribution in [1.82, 2.24) is 4.90 Å². The molecule has 0 aliphatic carbocycles. The van der Waals surface area contributed by atoms with E-state index in [1.165, 1.54) is 0 Å². The lowest BCUT2D eigenvalue weighted by Crippen LogP contribution is -2.25. The van der Waals surface area contributed by atoms with Gasteiger partial charge in [0.2, 0.25) is 0 Å². The molecule has 0 unspecified atom stereocenters. The zero-order chi connectivity index (χ0) is 15.1. The van der Waals surface area contributed by atoms with Crippen LogP contribution in [0.15, 0.2) is 12.1 Å². The quantitative estimate of drug-likeness (QED) is 0.453. The molecule has 20 heavy (non-hydrogen) atoms. The Hall–Kier alpha value is -1.40. The molecule has 0 aliphatic heterocycles. The fourth-order valence-electron chi connectivity index (χ4n) is 1.89. The Morgan fingerprint density at radius 1 is 1.40 bits per heavy atom. The lowest BCUT2D eigenvalue weighted by atomic mass is 10.2. The zero-order valence-corrected chi connectivity index (χ0v) is 12.4. The molecule has 7 heteroatoms. The second kappa shape index (κ2) is 8.01. The van der Waals surface area contributed by atoms with Gasteiger partial charge in [-0.2, -0.15) is 0 Å². The van der Waals surface area contributed by atoms with Crippen molar-refractivity contribution in [3.63, 3.8) is 0 Å². The first-order valence-electron chi connectivity index (χ1n) is 6.59. The van der Waals surface area contributed by atoms with Gasteiger partial charge in [0.15, 0.2) is 0 Å². The van der Waals surface area contributed by atoms with Gasteiger partial charge in [0.05, 0.1) is 9.95 Å². The van der Waals surface area contributed by atoms with Gasteiger partial charge in [-0.05, 0) is 26.1 Å².